The molecule has 13 heteroatoms. The van der Waals surface area contributed by atoms with Crippen molar-refractivity contribution in [1.29, 1.82) is 0 Å². The van der Waals surface area contributed by atoms with Gasteiger partial charge in [-0.15, -0.1) is 0 Å². The van der Waals surface area contributed by atoms with Crippen molar-refractivity contribution in [2.75, 3.05) is 33.0 Å². The maximum Gasteiger partial charge on any atom is 0.243 e. The minimum atomic E-state index is -2.80. The second kappa shape index (κ2) is 20.7. The SMILES string of the molecule is CCCC.CCCCCC(CC)S(C)(=O)=O.COn1cc(C[C@@H]2NC(=O)CNC(=O)C3CCCCN3C(=O)CNC2=O)c2ccccc21. The fourth-order valence-corrected chi connectivity index (χ4v) is 6.92. The number of hydrogen-bond acceptors (Lipinski definition) is 7. The summed E-state index contributed by atoms with van der Waals surface area (Å²) in [6.45, 7) is 8.40. The van der Waals surface area contributed by atoms with Crippen molar-refractivity contribution in [2.45, 2.75) is 116 Å². The summed E-state index contributed by atoms with van der Waals surface area (Å²) in [6, 6.07) is 6.04. The van der Waals surface area contributed by atoms with E-state index in [-0.39, 0.29) is 36.6 Å². The van der Waals surface area contributed by atoms with Crippen molar-refractivity contribution in [2.24, 2.45) is 0 Å². The summed E-state index contributed by atoms with van der Waals surface area (Å²) in [4.78, 5) is 57.6. The Kier molecular flexibility index (Phi) is 17.5. The normalized spacial score (nSPS) is 19.5. The third kappa shape index (κ3) is 12.4. The Morgan fingerprint density at radius 1 is 0.917 bits per heavy atom. The number of nitrogens with zero attached hydrogens (tertiary/aromatic N) is 2. The van der Waals surface area contributed by atoms with Crippen LogP contribution in [-0.2, 0) is 35.4 Å². The van der Waals surface area contributed by atoms with Gasteiger partial charge in [0.1, 0.15) is 29.0 Å². The molecule has 12 nitrogen and oxygen atoms in total. The highest BCUT2D eigenvalue weighted by Crippen LogP contribution is 2.22. The van der Waals surface area contributed by atoms with Crippen LogP contribution in [0.1, 0.15) is 97.5 Å². The zero-order valence-electron chi connectivity index (χ0n) is 29.7. The van der Waals surface area contributed by atoms with Crippen LogP contribution in [0.25, 0.3) is 10.9 Å². The third-order valence-corrected chi connectivity index (χ3v) is 10.5. The third-order valence-electron chi connectivity index (χ3n) is 8.69. The number of para-hydroxylation sites is 1. The van der Waals surface area contributed by atoms with Gasteiger partial charge in [0.2, 0.25) is 23.6 Å². The number of carbonyl (C=O) groups excluding carboxylic acids is 4. The molecule has 2 saturated heterocycles. The Bertz CT molecular complexity index is 1440. The molecule has 3 N–H and O–H groups in total. The number of piperidine rings is 1. The van der Waals surface area contributed by atoms with Crippen LogP contribution in [-0.4, -0.2) is 92.0 Å². The fourth-order valence-electron chi connectivity index (χ4n) is 5.72. The fraction of sp³-hybridized carbons (Fsp3) is 0.657. The quantitative estimate of drug-likeness (QED) is 0.322. The number of carbonyl (C=O) groups is 4. The van der Waals surface area contributed by atoms with Crippen molar-refractivity contribution in [3.63, 3.8) is 0 Å². The molecular formula is C35H57N5O7S. The first-order chi connectivity index (χ1) is 22.9. The van der Waals surface area contributed by atoms with Gasteiger partial charge in [0, 0.05) is 30.8 Å². The first kappa shape index (κ1) is 40.6. The second-order valence-electron chi connectivity index (χ2n) is 12.4. The summed E-state index contributed by atoms with van der Waals surface area (Å²) in [7, 11) is -1.25. The molecule has 3 atom stereocenters. The zero-order chi connectivity index (χ0) is 35.7. The van der Waals surface area contributed by atoms with E-state index in [4.69, 9.17) is 4.84 Å². The number of rotatable bonds is 10. The highest BCUT2D eigenvalue weighted by Gasteiger charge is 2.33. The second-order valence-corrected chi connectivity index (χ2v) is 14.7. The Hall–Kier alpha value is -3.61. The van der Waals surface area contributed by atoms with Crippen molar-refractivity contribution in [3.8, 4) is 0 Å². The predicted octanol–water partition coefficient (Wildman–Crippen LogP) is 3.55. The van der Waals surface area contributed by atoms with E-state index in [2.05, 4.69) is 36.7 Å². The standard InChI is InChI=1S/C22H27N5O5.C9H20O2S.C4H10/c1-32-27-13-14(15-6-2-3-7-17(15)27)10-16-21(30)24-12-20(29)26-9-5-4-8-18(26)22(31)23-11-19(28)25-16;1-4-6-7-8-9(5-2)12(3,10)11;1-3-4-2/h2-3,6-7,13,16,18H,4-5,8-12H2,1H3,(H,23,31)(H,24,30)(H,25,28);9H,4-8H2,1-3H3;3-4H2,1-2H3/t16-,18?;;/m0../s1. The molecule has 2 aliphatic rings. The van der Waals surface area contributed by atoms with Crippen LogP contribution in [0, 0.1) is 0 Å². The predicted molar refractivity (Wildman–Crippen MR) is 189 cm³/mol. The van der Waals surface area contributed by atoms with Crippen LogP contribution in [0.2, 0.25) is 0 Å². The lowest BCUT2D eigenvalue weighted by molar-refractivity contribution is -0.143. The number of benzene rings is 1. The van der Waals surface area contributed by atoms with Gasteiger partial charge in [0.25, 0.3) is 0 Å². The molecule has 0 aliphatic carbocycles. The van der Waals surface area contributed by atoms with Gasteiger partial charge in [0.05, 0.1) is 23.9 Å². The van der Waals surface area contributed by atoms with E-state index in [0.29, 0.717) is 13.0 Å². The van der Waals surface area contributed by atoms with Crippen LogP contribution in [0.3, 0.4) is 0 Å². The topological polar surface area (TPSA) is 156 Å². The van der Waals surface area contributed by atoms with Crippen molar-refractivity contribution in [1.82, 2.24) is 25.6 Å². The van der Waals surface area contributed by atoms with Gasteiger partial charge in [-0.2, -0.15) is 4.73 Å². The molecule has 0 saturated carbocycles. The first-order valence-electron chi connectivity index (χ1n) is 17.4. The van der Waals surface area contributed by atoms with Crippen LogP contribution < -0.4 is 20.8 Å². The number of aromatic nitrogens is 1. The molecule has 2 fully saturated rings. The lowest BCUT2D eigenvalue weighted by atomic mass is 10.0. The summed E-state index contributed by atoms with van der Waals surface area (Å²) in [5.74, 6) is -1.58. The number of hydrogen-bond donors (Lipinski definition) is 3. The van der Waals surface area contributed by atoms with E-state index < -0.39 is 33.7 Å². The van der Waals surface area contributed by atoms with Gasteiger partial charge in [0.15, 0.2) is 0 Å². The molecule has 2 unspecified atom stereocenters. The van der Waals surface area contributed by atoms with E-state index in [1.54, 1.807) is 18.0 Å². The zero-order valence-corrected chi connectivity index (χ0v) is 30.5. The van der Waals surface area contributed by atoms with Gasteiger partial charge in [-0.1, -0.05) is 78.0 Å². The van der Waals surface area contributed by atoms with Crippen LogP contribution in [0.15, 0.2) is 30.5 Å². The van der Waals surface area contributed by atoms with Gasteiger partial charge in [-0.05, 0) is 43.7 Å². The maximum atomic E-state index is 12.9. The van der Waals surface area contributed by atoms with Gasteiger partial charge in [-0.3, -0.25) is 19.2 Å². The average Bonchev–Trinajstić information content (AvgIpc) is 3.44. The van der Waals surface area contributed by atoms with Gasteiger partial charge >= 0.3 is 0 Å². The summed E-state index contributed by atoms with van der Waals surface area (Å²) in [5.41, 5.74) is 1.64. The molecule has 48 heavy (non-hydrogen) atoms. The molecule has 2 aromatic rings. The maximum absolute atomic E-state index is 12.9. The molecule has 0 bridgehead atoms. The Morgan fingerprint density at radius 2 is 1.60 bits per heavy atom. The molecule has 0 radical (unpaired) electrons. The van der Waals surface area contributed by atoms with Crippen molar-refractivity contribution >= 4 is 44.4 Å². The number of sulfone groups is 1. The van der Waals surface area contributed by atoms with Crippen molar-refractivity contribution in [3.05, 3.63) is 36.0 Å². The molecule has 0 spiro atoms. The minimum Gasteiger partial charge on any atom is -0.417 e. The Labute approximate surface area is 286 Å². The van der Waals surface area contributed by atoms with Crippen LogP contribution in [0.4, 0.5) is 0 Å². The molecular weight excluding hydrogens is 634 g/mol. The molecule has 4 amide bonds. The lowest BCUT2D eigenvalue weighted by Gasteiger charge is -2.35. The summed E-state index contributed by atoms with van der Waals surface area (Å²) >= 11 is 0. The van der Waals surface area contributed by atoms with E-state index in [0.717, 1.165) is 61.4 Å². The first-order valence-corrected chi connectivity index (χ1v) is 19.3. The number of amides is 4. The number of fused-ring (bicyclic) bond motifs is 2. The Balaban J connectivity index is 0.000000418. The smallest absolute Gasteiger partial charge is 0.243 e. The van der Waals surface area contributed by atoms with E-state index in [1.807, 2.05) is 31.2 Å². The minimum absolute atomic E-state index is 0.107. The van der Waals surface area contributed by atoms with Gasteiger partial charge < -0.3 is 25.7 Å². The summed E-state index contributed by atoms with van der Waals surface area (Å²) < 4.78 is 23.9. The van der Waals surface area contributed by atoms with Crippen LogP contribution in [0.5, 0.6) is 0 Å². The Morgan fingerprint density at radius 3 is 2.23 bits per heavy atom. The van der Waals surface area contributed by atoms with Crippen LogP contribution >= 0.6 is 0 Å². The summed E-state index contributed by atoms with van der Waals surface area (Å²) in [5, 5.41) is 8.73. The monoisotopic (exact) mass is 691 g/mol. The largest absolute Gasteiger partial charge is 0.417 e. The van der Waals surface area contributed by atoms with E-state index >= 15 is 0 Å². The number of nitrogens with one attached hydrogen (secondary N) is 3. The molecule has 1 aromatic heterocycles. The van der Waals surface area contributed by atoms with E-state index in [9.17, 15) is 27.6 Å². The summed E-state index contributed by atoms with van der Waals surface area (Å²) in [6.07, 6.45) is 13.1. The average molecular weight is 692 g/mol. The molecule has 3 heterocycles. The molecule has 2 aliphatic heterocycles. The van der Waals surface area contributed by atoms with Crippen molar-refractivity contribution < 1.29 is 32.4 Å². The highest BCUT2D eigenvalue weighted by atomic mass is 32.2. The molecule has 270 valence electrons. The molecule has 1 aromatic carbocycles. The van der Waals surface area contributed by atoms with Gasteiger partial charge in [-0.25, -0.2) is 8.42 Å². The number of unbranched alkanes of at least 4 members (excludes halogenated alkanes) is 3. The highest BCUT2D eigenvalue weighted by molar-refractivity contribution is 7.91. The lowest BCUT2D eigenvalue weighted by Crippen LogP contribution is -2.58. The van der Waals surface area contributed by atoms with E-state index in [1.165, 1.54) is 24.0 Å². The molecule has 4 rings (SSSR count).